The van der Waals surface area contributed by atoms with Crippen LogP contribution in [0.25, 0.3) is 0 Å². The molecule has 0 N–H and O–H groups in total. The minimum atomic E-state index is -0.0683. The predicted molar refractivity (Wildman–Crippen MR) is 316 cm³/mol. The number of carbonyl (C=O) groups excluding carboxylic acids is 2. The maximum absolute atomic E-state index is 14.1. The minimum Gasteiger partial charge on any atom is -0.469 e. The van der Waals surface area contributed by atoms with E-state index in [-0.39, 0.29) is 5.97 Å². The molecule has 1 rings (SSSR count). The van der Waals surface area contributed by atoms with Crippen LogP contribution < -0.4 is 0 Å². The second-order valence-electron chi connectivity index (χ2n) is 23.3. The van der Waals surface area contributed by atoms with Crippen LogP contribution >= 0.6 is 0 Å². The highest BCUT2D eigenvalue weighted by atomic mass is 16.5. The smallest absolute Gasteiger partial charge is 0.305 e. The molecule has 1 amide bonds. The van der Waals surface area contributed by atoms with Gasteiger partial charge in [-0.15, -0.1) is 0 Å². The van der Waals surface area contributed by atoms with Gasteiger partial charge in [-0.3, -0.25) is 14.5 Å². The van der Waals surface area contributed by atoms with Crippen LogP contribution in [-0.4, -0.2) is 111 Å². The molecule has 0 spiro atoms. The highest BCUT2D eigenvalue weighted by Gasteiger charge is 2.25. The molecule has 0 atom stereocenters. The van der Waals surface area contributed by atoms with Crippen LogP contribution in [0.15, 0.2) is 0 Å². The molecule has 0 aliphatic carbocycles. The van der Waals surface area contributed by atoms with E-state index < -0.39 is 0 Å². The van der Waals surface area contributed by atoms with Crippen LogP contribution in [0.3, 0.4) is 0 Å². The van der Waals surface area contributed by atoms with Crippen LogP contribution in [0.5, 0.6) is 0 Å². The molecule has 72 heavy (non-hydrogen) atoms. The molecule has 0 unspecified atom stereocenters. The van der Waals surface area contributed by atoms with Gasteiger partial charge >= 0.3 is 5.97 Å². The number of hydrogen-bond donors (Lipinski definition) is 0. The molecule has 7 heteroatoms. The van der Waals surface area contributed by atoms with E-state index in [1.165, 1.54) is 316 Å². The Morgan fingerprint density at radius 2 is 0.639 bits per heavy atom. The molecule has 0 saturated carbocycles. The number of carbonyl (C=O) groups is 2. The van der Waals surface area contributed by atoms with Crippen LogP contribution in [0.2, 0.25) is 0 Å². The predicted octanol–water partition coefficient (Wildman–Crippen LogP) is 18.5. The van der Waals surface area contributed by atoms with Gasteiger partial charge in [-0.1, -0.05) is 259 Å². The Labute approximate surface area is 452 Å². The Morgan fingerprint density at radius 3 is 0.972 bits per heavy atom. The van der Waals surface area contributed by atoms with Crippen molar-refractivity contribution < 1.29 is 14.3 Å². The first-order valence-corrected chi connectivity index (χ1v) is 33.0. The van der Waals surface area contributed by atoms with E-state index in [2.05, 4.69) is 47.3 Å². The fraction of sp³-hybridized carbons (Fsp3) is 0.969. The third kappa shape index (κ3) is 45.1. The zero-order valence-electron chi connectivity index (χ0n) is 49.9. The van der Waals surface area contributed by atoms with Crippen LogP contribution in [0, 0.1) is 5.92 Å². The van der Waals surface area contributed by atoms with Gasteiger partial charge in [-0.2, -0.15) is 0 Å². The molecule has 0 bridgehead atoms. The Hall–Kier alpha value is -1.18. The Morgan fingerprint density at radius 1 is 0.361 bits per heavy atom. The van der Waals surface area contributed by atoms with Gasteiger partial charge in [-0.25, -0.2) is 0 Å². The van der Waals surface area contributed by atoms with E-state index >= 15 is 0 Å². The van der Waals surface area contributed by atoms with Gasteiger partial charge in [0.15, 0.2) is 0 Å². The van der Waals surface area contributed by atoms with Gasteiger partial charge < -0.3 is 19.4 Å². The first-order chi connectivity index (χ1) is 35.5. The van der Waals surface area contributed by atoms with Gasteiger partial charge in [0.05, 0.1) is 13.7 Å². The molecule has 0 radical (unpaired) electrons. The van der Waals surface area contributed by atoms with E-state index in [0.29, 0.717) is 18.9 Å². The van der Waals surface area contributed by atoms with Crippen molar-refractivity contribution in [1.82, 2.24) is 19.6 Å². The quantitative estimate of drug-likeness (QED) is 0.0447. The Kier molecular flexibility index (Phi) is 52.2. The number of likely N-dealkylation sites (tertiary alicyclic amines) is 1. The van der Waals surface area contributed by atoms with Gasteiger partial charge in [0, 0.05) is 32.6 Å². The number of esters is 1. The molecule has 1 aliphatic rings. The van der Waals surface area contributed by atoms with E-state index in [1.54, 1.807) is 0 Å². The normalized spacial score (nSPS) is 13.4. The zero-order valence-corrected chi connectivity index (χ0v) is 49.9. The third-order valence-electron chi connectivity index (χ3n) is 16.6. The maximum Gasteiger partial charge on any atom is 0.305 e. The fourth-order valence-electron chi connectivity index (χ4n) is 11.3. The molecular formula is C65H130N4O3. The average Bonchev–Trinajstić information content (AvgIpc) is 3.39. The number of hydrogen-bond acceptors (Lipinski definition) is 6. The number of piperidine rings is 1. The average molecular weight is 1020 g/mol. The molecule has 1 heterocycles. The van der Waals surface area contributed by atoms with Crippen molar-refractivity contribution in [2.24, 2.45) is 5.92 Å². The molecule has 0 aromatic rings. The largest absolute Gasteiger partial charge is 0.469 e. The lowest BCUT2D eigenvalue weighted by molar-refractivity contribution is -0.140. The summed E-state index contributed by atoms with van der Waals surface area (Å²) in [5.74, 6) is 1.08. The van der Waals surface area contributed by atoms with Crippen molar-refractivity contribution >= 4 is 11.9 Å². The fourth-order valence-corrected chi connectivity index (χ4v) is 11.3. The summed E-state index contributed by atoms with van der Waals surface area (Å²) in [6.07, 6.45) is 61.1. The van der Waals surface area contributed by atoms with Crippen molar-refractivity contribution in [2.45, 2.75) is 323 Å². The zero-order chi connectivity index (χ0) is 52.1. The molecule has 428 valence electrons. The third-order valence-corrected chi connectivity index (χ3v) is 16.6. The van der Waals surface area contributed by atoms with E-state index in [1.807, 2.05) is 0 Å². The lowest BCUT2D eigenvalue weighted by Gasteiger charge is -2.35. The molecule has 7 nitrogen and oxygen atoms in total. The first-order valence-electron chi connectivity index (χ1n) is 33.0. The number of ether oxygens (including phenoxy) is 1. The van der Waals surface area contributed by atoms with Gasteiger partial charge in [-0.05, 0) is 103 Å². The number of nitrogens with zero attached hydrogens (tertiary/aromatic N) is 4. The molecule has 1 fully saturated rings. The summed E-state index contributed by atoms with van der Waals surface area (Å²) in [4.78, 5) is 36.0. The van der Waals surface area contributed by atoms with Crippen molar-refractivity contribution in [3.63, 3.8) is 0 Å². The first kappa shape index (κ1) is 68.8. The summed E-state index contributed by atoms with van der Waals surface area (Å²) in [7, 11) is 1.49. The van der Waals surface area contributed by atoms with Crippen LogP contribution in [-0.2, 0) is 14.3 Å². The van der Waals surface area contributed by atoms with E-state index in [0.717, 1.165) is 51.5 Å². The highest BCUT2D eigenvalue weighted by Crippen LogP contribution is 2.23. The number of methoxy groups -OCH3 is 1. The van der Waals surface area contributed by atoms with Gasteiger partial charge in [0.25, 0.3) is 0 Å². The topological polar surface area (TPSA) is 56.3 Å². The summed E-state index contributed by atoms with van der Waals surface area (Å²) in [5.41, 5.74) is 0. The van der Waals surface area contributed by atoms with Gasteiger partial charge in [0.1, 0.15) is 0 Å². The lowest BCUT2D eigenvalue weighted by Crippen LogP contribution is -2.46. The van der Waals surface area contributed by atoms with Crippen molar-refractivity contribution in [2.75, 3.05) is 79.1 Å². The second-order valence-corrected chi connectivity index (χ2v) is 23.3. The van der Waals surface area contributed by atoms with Crippen molar-refractivity contribution in [3.8, 4) is 0 Å². The molecule has 0 aromatic heterocycles. The highest BCUT2D eigenvalue weighted by molar-refractivity contribution is 5.78. The van der Waals surface area contributed by atoms with E-state index in [9.17, 15) is 9.59 Å². The summed E-state index contributed by atoms with van der Waals surface area (Å²) in [6.45, 7) is 21.3. The Balaban J connectivity index is 2.70. The monoisotopic (exact) mass is 1020 g/mol. The number of unbranched alkanes of at least 4 members (excludes halogenated alkanes) is 37. The molecule has 1 aliphatic heterocycles. The van der Waals surface area contributed by atoms with Crippen molar-refractivity contribution in [3.05, 3.63) is 0 Å². The molecular weight excluding hydrogens is 885 g/mol. The summed E-state index contributed by atoms with van der Waals surface area (Å²) >= 11 is 0. The summed E-state index contributed by atoms with van der Waals surface area (Å²) < 4.78 is 4.79. The summed E-state index contributed by atoms with van der Waals surface area (Å²) in [5, 5.41) is 0. The van der Waals surface area contributed by atoms with Crippen molar-refractivity contribution in [1.29, 1.82) is 0 Å². The van der Waals surface area contributed by atoms with Crippen LogP contribution in [0.1, 0.15) is 323 Å². The summed E-state index contributed by atoms with van der Waals surface area (Å²) in [6, 6.07) is 0. The molecule has 1 saturated heterocycles. The minimum absolute atomic E-state index is 0.0683. The lowest BCUT2D eigenvalue weighted by atomic mass is 9.93. The number of amides is 1. The van der Waals surface area contributed by atoms with Crippen LogP contribution in [0.4, 0.5) is 0 Å². The van der Waals surface area contributed by atoms with E-state index in [4.69, 9.17) is 4.74 Å². The SMILES string of the molecule is CCCCCCCCCCCCCCN(CCCCCCCCCCCC(=O)OC)CCC1CCN(C(=O)CN(CCCCCCCCC)CCN(CCCCCCCCC)CCCCCCCCC)CC1. The van der Waals surface area contributed by atoms with Gasteiger partial charge in [0.2, 0.25) is 5.91 Å². The second kappa shape index (κ2) is 54.6. The standard InChI is InChI=1S/C65H130N4O3/c1-6-10-14-18-22-23-24-25-28-34-39-43-52-66(53-44-40-35-29-26-27-30-36-42-48-65(71)72-5)57-49-63-50-58-69(59-51-63)64(70)62-68(56-47-41-33-21-17-13-9-4)61-60-67(54-45-37-31-19-15-11-7-2)55-46-38-32-20-16-12-8-3/h63H,6-62H2,1-5H3. The number of rotatable bonds is 57. The maximum atomic E-state index is 14.1. The molecule has 0 aromatic carbocycles. The Bertz CT molecular complexity index is 1100.